The van der Waals surface area contributed by atoms with Crippen molar-refractivity contribution in [3.05, 3.63) is 53.1 Å². The van der Waals surface area contributed by atoms with E-state index in [4.69, 9.17) is 15.2 Å². The lowest BCUT2D eigenvalue weighted by molar-refractivity contribution is 0.0791. The summed E-state index contributed by atoms with van der Waals surface area (Å²) in [7, 11) is 3.29. The molecule has 0 aromatic heterocycles. The zero-order chi connectivity index (χ0) is 18.0. The molecule has 3 rings (SSSR count). The lowest BCUT2D eigenvalue weighted by Crippen LogP contribution is -2.28. The Morgan fingerprint density at radius 3 is 2.40 bits per heavy atom. The van der Waals surface area contributed by atoms with Crippen LogP contribution in [0.25, 0.3) is 0 Å². The molecule has 2 aromatic carbocycles. The van der Waals surface area contributed by atoms with Crippen molar-refractivity contribution >= 4 is 11.6 Å². The molecule has 1 heterocycles. The van der Waals surface area contributed by atoms with Gasteiger partial charge in [-0.1, -0.05) is 6.07 Å². The molecule has 0 radical (unpaired) electrons. The number of carbonyl (C=O) groups is 1. The second kappa shape index (κ2) is 7.05. The zero-order valence-corrected chi connectivity index (χ0v) is 14.9. The van der Waals surface area contributed by atoms with Gasteiger partial charge in [0.05, 0.1) is 14.2 Å². The normalized spacial score (nSPS) is 16.8. The third kappa shape index (κ3) is 3.55. The average Bonchev–Trinajstić information content (AvgIpc) is 3.13. The maximum atomic E-state index is 12.8. The SMILES string of the molecule is COc1cc(OC)cc([C@@H]2CCN(C(=O)c3ccc(C)c(N)c3)C2)c1. The number of nitrogens with zero attached hydrogens (tertiary/aromatic N) is 1. The van der Waals surface area contributed by atoms with Gasteiger partial charge in [-0.2, -0.15) is 0 Å². The van der Waals surface area contributed by atoms with Crippen molar-refractivity contribution < 1.29 is 14.3 Å². The number of amides is 1. The van der Waals surface area contributed by atoms with Gasteiger partial charge >= 0.3 is 0 Å². The topological polar surface area (TPSA) is 64.8 Å². The van der Waals surface area contributed by atoms with Crippen LogP contribution in [0.5, 0.6) is 11.5 Å². The Kier molecular flexibility index (Phi) is 4.83. The van der Waals surface area contributed by atoms with E-state index in [1.54, 1.807) is 20.3 Å². The Morgan fingerprint density at radius 2 is 1.80 bits per heavy atom. The van der Waals surface area contributed by atoms with Crippen LogP contribution in [-0.2, 0) is 0 Å². The van der Waals surface area contributed by atoms with E-state index in [-0.39, 0.29) is 11.8 Å². The molecule has 0 bridgehead atoms. The van der Waals surface area contributed by atoms with Gasteiger partial charge in [0, 0.05) is 36.3 Å². The first-order valence-corrected chi connectivity index (χ1v) is 8.40. The summed E-state index contributed by atoms with van der Waals surface area (Å²) in [5, 5.41) is 0. The Bertz CT molecular complexity index is 766. The molecule has 1 atom stereocenters. The Hall–Kier alpha value is -2.69. The number of likely N-dealkylation sites (tertiary alicyclic amines) is 1. The average molecular weight is 340 g/mol. The minimum Gasteiger partial charge on any atom is -0.497 e. The quantitative estimate of drug-likeness (QED) is 0.868. The fourth-order valence-corrected chi connectivity index (χ4v) is 3.24. The summed E-state index contributed by atoms with van der Waals surface area (Å²) in [5.41, 5.74) is 9.36. The highest BCUT2D eigenvalue weighted by molar-refractivity contribution is 5.95. The van der Waals surface area contributed by atoms with E-state index in [2.05, 4.69) is 0 Å². The minimum atomic E-state index is 0.0315. The van der Waals surface area contributed by atoms with E-state index in [9.17, 15) is 4.79 Å². The molecule has 0 aliphatic carbocycles. The number of hydrogen-bond acceptors (Lipinski definition) is 4. The molecule has 5 heteroatoms. The third-order valence-electron chi connectivity index (χ3n) is 4.85. The number of benzene rings is 2. The fourth-order valence-electron chi connectivity index (χ4n) is 3.24. The first-order valence-electron chi connectivity index (χ1n) is 8.40. The highest BCUT2D eigenvalue weighted by Crippen LogP contribution is 2.33. The summed E-state index contributed by atoms with van der Waals surface area (Å²) < 4.78 is 10.7. The number of nitrogens with two attached hydrogens (primary N) is 1. The molecule has 1 saturated heterocycles. The molecular formula is C20H24N2O3. The van der Waals surface area contributed by atoms with Gasteiger partial charge in [0.1, 0.15) is 11.5 Å². The van der Waals surface area contributed by atoms with Crippen LogP contribution in [-0.4, -0.2) is 38.1 Å². The van der Waals surface area contributed by atoms with Gasteiger partial charge in [-0.15, -0.1) is 0 Å². The highest BCUT2D eigenvalue weighted by Gasteiger charge is 2.28. The van der Waals surface area contributed by atoms with E-state index < -0.39 is 0 Å². The van der Waals surface area contributed by atoms with Gasteiger partial charge < -0.3 is 20.1 Å². The van der Waals surface area contributed by atoms with Crippen LogP contribution in [0.2, 0.25) is 0 Å². The van der Waals surface area contributed by atoms with E-state index in [1.807, 2.05) is 42.2 Å². The Morgan fingerprint density at radius 1 is 1.12 bits per heavy atom. The Labute approximate surface area is 148 Å². The zero-order valence-electron chi connectivity index (χ0n) is 14.9. The van der Waals surface area contributed by atoms with Crippen LogP contribution in [0.3, 0.4) is 0 Å². The van der Waals surface area contributed by atoms with Crippen molar-refractivity contribution in [2.24, 2.45) is 0 Å². The van der Waals surface area contributed by atoms with Crippen LogP contribution < -0.4 is 15.2 Å². The molecular weight excluding hydrogens is 316 g/mol. The molecule has 0 spiro atoms. The molecule has 1 aliphatic heterocycles. The molecule has 2 N–H and O–H groups in total. The highest BCUT2D eigenvalue weighted by atomic mass is 16.5. The number of carbonyl (C=O) groups excluding carboxylic acids is 1. The standard InChI is InChI=1S/C20H24N2O3/c1-13-4-5-14(10-19(13)21)20(23)22-7-6-15(12-22)16-8-17(24-2)11-18(9-16)25-3/h4-5,8-11,15H,6-7,12,21H2,1-3H3/t15-/m1/s1. The smallest absolute Gasteiger partial charge is 0.253 e. The van der Waals surface area contributed by atoms with Gasteiger partial charge in [-0.3, -0.25) is 4.79 Å². The summed E-state index contributed by atoms with van der Waals surface area (Å²) in [6.45, 7) is 3.35. The van der Waals surface area contributed by atoms with Crippen LogP contribution >= 0.6 is 0 Å². The molecule has 1 fully saturated rings. The number of nitrogen functional groups attached to an aromatic ring is 1. The predicted molar refractivity (Wildman–Crippen MR) is 98.4 cm³/mol. The van der Waals surface area contributed by atoms with Gasteiger partial charge in [-0.25, -0.2) is 0 Å². The van der Waals surface area contributed by atoms with Crippen molar-refractivity contribution in [3.63, 3.8) is 0 Å². The van der Waals surface area contributed by atoms with Gasteiger partial charge in [0.2, 0.25) is 0 Å². The van der Waals surface area contributed by atoms with Crippen LogP contribution in [0.15, 0.2) is 36.4 Å². The van der Waals surface area contributed by atoms with Crippen molar-refractivity contribution in [1.82, 2.24) is 4.90 Å². The van der Waals surface area contributed by atoms with E-state index >= 15 is 0 Å². The second-order valence-electron chi connectivity index (χ2n) is 6.45. The number of rotatable bonds is 4. The van der Waals surface area contributed by atoms with E-state index in [0.29, 0.717) is 17.8 Å². The summed E-state index contributed by atoms with van der Waals surface area (Å²) in [4.78, 5) is 14.6. The van der Waals surface area contributed by atoms with E-state index in [0.717, 1.165) is 35.6 Å². The molecule has 0 unspecified atom stereocenters. The number of hydrogen-bond donors (Lipinski definition) is 1. The summed E-state index contributed by atoms with van der Waals surface area (Å²) in [6.07, 6.45) is 0.920. The molecule has 25 heavy (non-hydrogen) atoms. The second-order valence-corrected chi connectivity index (χ2v) is 6.45. The lowest BCUT2D eigenvalue weighted by Gasteiger charge is -2.18. The number of aryl methyl sites for hydroxylation is 1. The maximum absolute atomic E-state index is 12.8. The van der Waals surface area contributed by atoms with Crippen LogP contribution in [0.1, 0.15) is 33.8 Å². The number of anilines is 1. The van der Waals surface area contributed by atoms with Crippen LogP contribution in [0, 0.1) is 6.92 Å². The third-order valence-corrected chi connectivity index (χ3v) is 4.85. The molecule has 0 saturated carbocycles. The van der Waals surface area contributed by atoms with Crippen LogP contribution in [0.4, 0.5) is 5.69 Å². The first-order chi connectivity index (χ1) is 12.0. The monoisotopic (exact) mass is 340 g/mol. The summed E-state index contributed by atoms with van der Waals surface area (Å²) in [5.74, 6) is 1.84. The van der Waals surface area contributed by atoms with Crippen molar-refractivity contribution in [2.45, 2.75) is 19.3 Å². The maximum Gasteiger partial charge on any atom is 0.253 e. The number of methoxy groups -OCH3 is 2. The predicted octanol–water partition coefficient (Wildman–Crippen LogP) is 3.22. The van der Waals surface area contributed by atoms with Gasteiger partial charge in [0.25, 0.3) is 5.91 Å². The molecule has 1 amide bonds. The molecule has 132 valence electrons. The largest absolute Gasteiger partial charge is 0.497 e. The lowest BCUT2D eigenvalue weighted by atomic mass is 9.98. The summed E-state index contributed by atoms with van der Waals surface area (Å²) in [6, 6.07) is 11.4. The molecule has 5 nitrogen and oxygen atoms in total. The van der Waals surface area contributed by atoms with Gasteiger partial charge in [0.15, 0.2) is 0 Å². The number of ether oxygens (including phenoxy) is 2. The van der Waals surface area contributed by atoms with Crippen molar-refractivity contribution in [3.8, 4) is 11.5 Å². The van der Waals surface area contributed by atoms with E-state index in [1.165, 1.54) is 0 Å². The molecule has 1 aliphatic rings. The van der Waals surface area contributed by atoms with Gasteiger partial charge in [-0.05, 0) is 48.7 Å². The minimum absolute atomic E-state index is 0.0315. The Balaban J connectivity index is 1.77. The van der Waals surface area contributed by atoms with Crippen molar-refractivity contribution in [1.29, 1.82) is 0 Å². The van der Waals surface area contributed by atoms with Crippen molar-refractivity contribution in [2.75, 3.05) is 33.0 Å². The fraction of sp³-hybridized carbons (Fsp3) is 0.350. The summed E-state index contributed by atoms with van der Waals surface area (Å²) >= 11 is 0. The molecule has 2 aromatic rings. The first kappa shape index (κ1) is 17.1.